The van der Waals surface area contributed by atoms with Gasteiger partial charge in [-0.15, -0.1) is 13.2 Å². The lowest BCUT2D eigenvalue weighted by Crippen LogP contribution is -2.59. The summed E-state index contributed by atoms with van der Waals surface area (Å²) in [6.07, 6.45) is 15.2. The SMILES string of the molecule is C=C.C=C(N)c1ccc2c(c1)N(CC1CCC1C(/C=C/CC)N1CCN3CCCCC3C1)CC(c1ccc(C)cc1CCC)CO2.CC.CC. The van der Waals surface area contributed by atoms with Gasteiger partial charge in [0.1, 0.15) is 5.75 Å². The van der Waals surface area contributed by atoms with Gasteiger partial charge in [-0.25, -0.2) is 0 Å². The quantitative estimate of drug-likeness (QED) is 0.253. The summed E-state index contributed by atoms with van der Waals surface area (Å²) in [5, 5.41) is 0. The third-order valence-electron chi connectivity index (χ3n) is 11.0. The van der Waals surface area contributed by atoms with Crippen molar-refractivity contribution in [2.75, 3.05) is 50.8 Å². The van der Waals surface area contributed by atoms with Crippen molar-refractivity contribution in [3.63, 3.8) is 0 Å². The first kappa shape index (κ1) is 41.4. The molecule has 0 bridgehead atoms. The van der Waals surface area contributed by atoms with Crippen molar-refractivity contribution in [2.24, 2.45) is 17.6 Å². The van der Waals surface area contributed by atoms with Gasteiger partial charge in [0.25, 0.3) is 0 Å². The molecule has 5 unspecified atom stereocenters. The Labute approximate surface area is 307 Å². The third-order valence-corrected chi connectivity index (χ3v) is 11.0. The van der Waals surface area contributed by atoms with Gasteiger partial charge in [0.2, 0.25) is 0 Å². The van der Waals surface area contributed by atoms with Gasteiger partial charge >= 0.3 is 0 Å². The number of nitrogens with zero attached hydrogens (tertiary/aromatic N) is 3. The molecule has 278 valence electrons. The maximum atomic E-state index is 6.61. The molecule has 3 heterocycles. The average molecular weight is 685 g/mol. The number of allylic oxidation sites excluding steroid dienone is 1. The predicted molar refractivity (Wildman–Crippen MR) is 219 cm³/mol. The van der Waals surface area contributed by atoms with Crippen molar-refractivity contribution in [3.05, 3.63) is 90.5 Å². The second-order valence-corrected chi connectivity index (χ2v) is 14.1. The monoisotopic (exact) mass is 685 g/mol. The van der Waals surface area contributed by atoms with Gasteiger partial charge in [-0.1, -0.05) is 96.9 Å². The molecule has 2 saturated heterocycles. The Morgan fingerprint density at radius 2 is 1.74 bits per heavy atom. The maximum absolute atomic E-state index is 6.61. The van der Waals surface area contributed by atoms with E-state index in [1.165, 1.54) is 80.7 Å². The number of piperidine rings is 1. The molecule has 4 aliphatic rings. The van der Waals surface area contributed by atoms with E-state index >= 15 is 0 Å². The molecule has 5 atom stereocenters. The Balaban J connectivity index is 0.00000107. The molecule has 6 rings (SSSR count). The molecule has 5 heteroatoms. The number of hydrogen-bond acceptors (Lipinski definition) is 5. The largest absolute Gasteiger partial charge is 0.491 e. The number of benzene rings is 2. The smallest absolute Gasteiger partial charge is 0.142 e. The van der Waals surface area contributed by atoms with Crippen LogP contribution in [-0.4, -0.2) is 67.8 Å². The van der Waals surface area contributed by atoms with E-state index in [-0.39, 0.29) is 0 Å². The highest BCUT2D eigenvalue weighted by Gasteiger charge is 2.42. The molecule has 3 fully saturated rings. The van der Waals surface area contributed by atoms with Gasteiger partial charge in [-0.2, -0.15) is 0 Å². The van der Waals surface area contributed by atoms with Gasteiger partial charge in [-0.3, -0.25) is 9.80 Å². The van der Waals surface area contributed by atoms with E-state index in [9.17, 15) is 0 Å². The fourth-order valence-corrected chi connectivity index (χ4v) is 8.49. The third kappa shape index (κ3) is 10.3. The molecule has 0 aromatic heterocycles. The van der Waals surface area contributed by atoms with Crippen molar-refractivity contribution >= 4 is 11.4 Å². The predicted octanol–water partition coefficient (Wildman–Crippen LogP) is 10.2. The molecule has 5 nitrogen and oxygen atoms in total. The lowest BCUT2D eigenvalue weighted by atomic mass is 9.68. The molecule has 1 saturated carbocycles. The van der Waals surface area contributed by atoms with Crippen LogP contribution in [0.4, 0.5) is 5.69 Å². The summed E-state index contributed by atoms with van der Waals surface area (Å²) in [4.78, 5) is 8.29. The van der Waals surface area contributed by atoms with E-state index in [0.29, 0.717) is 36.1 Å². The number of ether oxygens (including phenoxy) is 1. The summed E-state index contributed by atoms with van der Waals surface area (Å²) < 4.78 is 6.61. The summed E-state index contributed by atoms with van der Waals surface area (Å²) in [5.74, 6) is 2.66. The molecule has 3 aliphatic heterocycles. The van der Waals surface area contributed by atoms with E-state index in [2.05, 4.69) is 104 Å². The van der Waals surface area contributed by atoms with Crippen LogP contribution in [0, 0.1) is 18.8 Å². The summed E-state index contributed by atoms with van der Waals surface area (Å²) >= 11 is 0. The topological polar surface area (TPSA) is 45.0 Å². The number of rotatable bonds is 10. The van der Waals surface area contributed by atoms with Crippen molar-refractivity contribution < 1.29 is 4.74 Å². The number of piperazine rings is 1. The molecule has 0 amide bonds. The summed E-state index contributed by atoms with van der Waals surface area (Å²) in [6, 6.07) is 14.8. The van der Waals surface area contributed by atoms with Crippen molar-refractivity contribution in [3.8, 4) is 5.75 Å². The number of aryl methyl sites for hydroxylation is 2. The molecular formula is C45H72N4O. The van der Waals surface area contributed by atoms with Gasteiger partial charge < -0.3 is 15.4 Å². The normalized spacial score (nSPS) is 23.9. The Kier molecular flexibility index (Phi) is 17.7. The standard InChI is InChI=1S/C39H56N4O.2C2H6.C2H4/c1-5-7-12-37(42-21-20-41-19-9-8-11-34(41)26-42)36-17-14-32(36)24-43-25-33(35-16-13-28(3)22-31(35)10-6-2)27-44-39-18-15-30(29(4)40)23-38(39)43;3*1-2/h7,12-13,15-16,18,22-23,32-34,36-37H,4-6,8-11,14,17,19-21,24-27,40H2,1-3H3;2*1-2H3;1-2H2/b12-7+;;;. The van der Waals surface area contributed by atoms with Crippen LogP contribution in [0.25, 0.3) is 5.70 Å². The maximum Gasteiger partial charge on any atom is 0.142 e. The molecule has 0 spiro atoms. The van der Waals surface area contributed by atoms with E-state index < -0.39 is 0 Å². The van der Waals surface area contributed by atoms with E-state index in [1.807, 2.05) is 27.7 Å². The zero-order chi connectivity index (χ0) is 36.6. The summed E-state index contributed by atoms with van der Waals surface area (Å²) in [5.41, 5.74) is 13.3. The van der Waals surface area contributed by atoms with Gasteiger partial charge in [0.05, 0.1) is 12.3 Å². The molecular weight excluding hydrogens is 613 g/mol. The van der Waals surface area contributed by atoms with E-state index in [1.54, 1.807) is 0 Å². The molecule has 50 heavy (non-hydrogen) atoms. The van der Waals surface area contributed by atoms with Crippen molar-refractivity contribution in [1.82, 2.24) is 9.80 Å². The fraction of sp³-hybridized carbons (Fsp3) is 0.600. The molecule has 0 radical (unpaired) electrons. The van der Waals surface area contributed by atoms with Gasteiger partial charge in [0, 0.05) is 56.4 Å². The Morgan fingerprint density at radius 1 is 0.960 bits per heavy atom. The van der Waals surface area contributed by atoms with Crippen LogP contribution in [0.3, 0.4) is 0 Å². The van der Waals surface area contributed by atoms with Crippen LogP contribution >= 0.6 is 0 Å². The molecule has 2 aromatic carbocycles. The van der Waals surface area contributed by atoms with Crippen LogP contribution in [0.5, 0.6) is 5.75 Å². The van der Waals surface area contributed by atoms with Gasteiger partial charge in [-0.05, 0) is 98.7 Å². The zero-order valence-corrected chi connectivity index (χ0v) is 33.1. The second-order valence-electron chi connectivity index (χ2n) is 14.1. The zero-order valence-electron chi connectivity index (χ0n) is 33.1. The van der Waals surface area contributed by atoms with Crippen LogP contribution in [0.1, 0.15) is 115 Å². The molecule has 1 aliphatic carbocycles. The Morgan fingerprint density at radius 3 is 2.42 bits per heavy atom. The number of nitrogens with two attached hydrogens (primary N) is 1. The van der Waals surface area contributed by atoms with E-state index in [0.717, 1.165) is 49.7 Å². The van der Waals surface area contributed by atoms with Crippen molar-refractivity contribution in [1.29, 1.82) is 0 Å². The number of fused-ring (bicyclic) bond motifs is 2. The summed E-state index contributed by atoms with van der Waals surface area (Å²) in [7, 11) is 0. The first-order valence-electron chi connectivity index (χ1n) is 20.2. The first-order chi connectivity index (χ1) is 24.4. The first-order valence-corrected chi connectivity index (χ1v) is 20.2. The lowest BCUT2D eigenvalue weighted by molar-refractivity contribution is -0.00143. The highest BCUT2D eigenvalue weighted by molar-refractivity contribution is 5.70. The van der Waals surface area contributed by atoms with Crippen LogP contribution in [0.2, 0.25) is 0 Å². The number of hydrogen-bond donors (Lipinski definition) is 1. The lowest BCUT2D eigenvalue weighted by Gasteiger charge is -2.51. The second kappa shape index (κ2) is 21.4. The molecule has 2 aromatic rings. The molecule has 2 N–H and O–H groups in total. The van der Waals surface area contributed by atoms with E-state index in [4.69, 9.17) is 10.5 Å². The minimum Gasteiger partial charge on any atom is -0.491 e. The summed E-state index contributed by atoms with van der Waals surface area (Å²) in [6.45, 7) is 32.5. The van der Waals surface area contributed by atoms with Crippen LogP contribution in [-0.2, 0) is 6.42 Å². The minimum atomic E-state index is 0.322. The Bertz CT molecular complexity index is 1340. The fourth-order valence-electron chi connectivity index (χ4n) is 8.49. The van der Waals surface area contributed by atoms with Crippen molar-refractivity contribution in [2.45, 2.75) is 118 Å². The highest BCUT2D eigenvalue weighted by atomic mass is 16.5. The average Bonchev–Trinajstić information content (AvgIpc) is 3.33. The minimum absolute atomic E-state index is 0.322. The number of anilines is 1. The van der Waals surface area contributed by atoms with Gasteiger partial charge in [0.15, 0.2) is 0 Å². The Hall–Kier alpha value is -3.02. The highest BCUT2D eigenvalue weighted by Crippen LogP contribution is 2.44. The van der Waals surface area contributed by atoms with Crippen LogP contribution < -0.4 is 15.4 Å². The van der Waals surface area contributed by atoms with Crippen LogP contribution in [0.15, 0.2) is 68.3 Å².